The largest absolute Gasteiger partial charge is 0.465 e. The normalized spacial score (nSPS) is 11.1. The van der Waals surface area contributed by atoms with Crippen LogP contribution in [0.15, 0.2) is 75.8 Å². The van der Waals surface area contributed by atoms with Crippen molar-refractivity contribution in [2.24, 2.45) is 0 Å². The van der Waals surface area contributed by atoms with Crippen LogP contribution in [0.2, 0.25) is 5.02 Å². The predicted molar refractivity (Wildman–Crippen MR) is 117 cm³/mol. The van der Waals surface area contributed by atoms with Crippen LogP contribution in [-0.2, 0) is 4.79 Å². The number of thiocarbonyl (C=S) groups is 1. The number of rotatable bonds is 4. The molecule has 6 nitrogen and oxygen atoms in total. The number of aromatic nitrogens is 1. The lowest BCUT2D eigenvalue weighted by Crippen LogP contribution is -2.32. The van der Waals surface area contributed by atoms with E-state index in [1.54, 1.807) is 36.4 Å². The molecule has 2 aromatic carbocycles. The Hall–Kier alpha value is -3.42. The average Bonchev–Trinajstić information content (AvgIpc) is 3.37. The summed E-state index contributed by atoms with van der Waals surface area (Å²) in [6.07, 6.45) is 4.41. The van der Waals surface area contributed by atoms with Crippen molar-refractivity contribution < 1.29 is 13.6 Å². The van der Waals surface area contributed by atoms with E-state index in [4.69, 9.17) is 32.7 Å². The Kier molecular flexibility index (Phi) is 5.41. The zero-order valence-electron chi connectivity index (χ0n) is 14.9. The van der Waals surface area contributed by atoms with Gasteiger partial charge >= 0.3 is 0 Å². The number of amides is 1. The molecule has 8 heteroatoms. The van der Waals surface area contributed by atoms with Crippen molar-refractivity contribution in [3.05, 3.63) is 77.7 Å². The number of nitrogens with zero attached hydrogens (tertiary/aromatic N) is 1. The van der Waals surface area contributed by atoms with Crippen molar-refractivity contribution in [3.63, 3.8) is 0 Å². The third kappa shape index (κ3) is 4.53. The molecule has 0 bridgehead atoms. The first-order valence-electron chi connectivity index (χ1n) is 8.57. The van der Waals surface area contributed by atoms with Gasteiger partial charge in [0, 0.05) is 11.8 Å². The number of para-hydroxylation sites is 2. The van der Waals surface area contributed by atoms with Gasteiger partial charge in [0.15, 0.2) is 10.7 Å². The van der Waals surface area contributed by atoms with Crippen LogP contribution < -0.4 is 10.6 Å². The highest BCUT2D eigenvalue weighted by molar-refractivity contribution is 7.80. The summed E-state index contributed by atoms with van der Waals surface area (Å²) in [7, 11) is 0. The lowest BCUT2D eigenvalue weighted by molar-refractivity contribution is -0.115. The Morgan fingerprint density at radius 2 is 2.00 bits per heavy atom. The first kappa shape index (κ1) is 18.9. The fourth-order valence-corrected chi connectivity index (χ4v) is 3.03. The van der Waals surface area contributed by atoms with E-state index in [1.165, 1.54) is 12.3 Å². The summed E-state index contributed by atoms with van der Waals surface area (Å²) < 4.78 is 10.9. The Balaban J connectivity index is 1.47. The maximum Gasteiger partial charge on any atom is 0.250 e. The highest BCUT2D eigenvalue weighted by Crippen LogP contribution is 2.32. The number of carbonyl (C=O) groups is 1. The Morgan fingerprint density at radius 1 is 1.14 bits per heavy atom. The first-order valence-corrected chi connectivity index (χ1v) is 9.36. The van der Waals surface area contributed by atoms with Crippen LogP contribution in [-0.4, -0.2) is 16.0 Å². The Labute approximate surface area is 176 Å². The van der Waals surface area contributed by atoms with Crippen molar-refractivity contribution in [1.29, 1.82) is 0 Å². The van der Waals surface area contributed by atoms with Gasteiger partial charge in [-0.2, -0.15) is 0 Å². The van der Waals surface area contributed by atoms with Crippen LogP contribution in [0.25, 0.3) is 28.6 Å². The minimum absolute atomic E-state index is 0.143. The maximum absolute atomic E-state index is 12.0. The summed E-state index contributed by atoms with van der Waals surface area (Å²) in [6, 6.07) is 16.1. The molecule has 0 saturated carbocycles. The maximum atomic E-state index is 12.0. The quantitative estimate of drug-likeness (QED) is 0.344. The third-order valence-corrected chi connectivity index (χ3v) is 4.46. The summed E-state index contributed by atoms with van der Waals surface area (Å²) >= 11 is 11.5. The summed E-state index contributed by atoms with van der Waals surface area (Å²) in [5.74, 6) is 0.586. The van der Waals surface area contributed by atoms with E-state index in [2.05, 4.69) is 15.6 Å². The van der Waals surface area contributed by atoms with Crippen molar-refractivity contribution in [1.82, 2.24) is 10.3 Å². The molecule has 2 aromatic heterocycles. The SMILES string of the molecule is O=C(C=Cc1ccco1)NC(=S)Nc1ccc(Cl)c(-c2nc3ccccc3o2)c1. The number of furan rings is 1. The fourth-order valence-electron chi connectivity index (χ4n) is 2.61. The van der Waals surface area contributed by atoms with Crippen molar-refractivity contribution in [2.45, 2.75) is 0 Å². The van der Waals surface area contributed by atoms with E-state index in [-0.39, 0.29) is 11.0 Å². The van der Waals surface area contributed by atoms with Gasteiger partial charge in [-0.25, -0.2) is 4.98 Å². The topological polar surface area (TPSA) is 80.3 Å². The molecular weight excluding hydrogens is 410 g/mol. The number of benzene rings is 2. The van der Waals surface area contributed by atoms with Gasteiger partial charge in [-0.15, -0.1) is 0 Å². The van der Waals surface area contributed by atoms with E-state index in [0.717, 1.165) is 5.52 Å². The van der Waals surface area contributed by atoms with Crippen LogP contribution in [0.3, 0.4) is 0 Å². The molecule has 4 rings (SSSR count). The molecule has 0 aliphatic carbocycles. The highest BCUT2D eigenvalue weighted by atomic mass is 35.5. The standard InChI is InChI=1S/C21H14ClN3O3S/c22-16-9-7-13(12-15(16)20-24-17-5-1-2-6-18(17)28-20)23-21(29)25-19(26)10-8-14-4-3-11-27-14/h1-12H,(H2,23,25,26,29). The minimum Gasteiger partial charge on any atom is -0.465 e. The Bertz CT molecular complexity index is 1180. The number of anilines is 1. The molecule has 2 N–H and O–H groups in total. The molecule has 144 valence electrons. The van der Waals surface area contributed by atoms with Gasteiger partial charge in [0.1, 0.15) is 11.3 Å². The first-order chi connectivity index (χ1) is 14.1. The second-order valence-corrected chi connectivity index (χ2v) is 6.79. The van der Waals surface area contributed by atoms with Gasteiger partial charge in [-0.1, -0.05) is 23.7 Å². The molecule has 2 heterocycles. The second kappa shape index (κ2) is 8.30. The van der Waals surface area contributed by atoms with Gasteiger partial charge in [-0.05, 0) is 60.8 Å². The second-order valence-electron chi connectivity index (χ2n) is 5.97. The van der Waals surface area contributed by atoms with E-state index >= 15 is 0 Å². The van der Waals surface area contributed by atoms with Crippen LogP contribution in [0, 0.1) is 0 Å². The van der Waals surface area contributed by atoms with Crippen LogP contribution in [0.5, 0.6) is 0 Å². The monoisotopic (exact) mass is 423 g/mol. The Morgan fingerprint density at radius 3 is 2.79 bits per heavy atom. The lowest BCUT2D eigenvalue weighted by atomic mass is 10.2. The van der Waals surface area contributed by atoms with Gasteiger partial charge in [-0.3, -0.25) is 10.1 Å². The number of fused-ring (bicyclic) bond motifs is 1. The van der Waals surface area contributed by atoms with Crippen LogP contribution in [0.1, 0.15) is 5.76 Å². The highest BCUT2D eigenvalue weighted by Gasteiger charge is 2.13. The smallest absolute Gasteiger partial charge is 0.250 e. The number of nitrogens with one attached hydrogen (secondary N) is 2. The van der Waals surface area contributed by atoms with Crippen LogP contribution in [0.4, 0.5) is 5.69 Å². The van der Waals surface area contributed by atoms with E-state index < -0.39 is 0 Å². The van der Waals surface area contributed by atoms with E-state index in [1.807, 2.05) is 24.3 Å². The molecule has 0 atom stereocenters. The molecular formula is C21H14ClN3O3S. The molecule has 0 aliphatic rings. The molecule has 0 fully saturated rings. The number of hydrogen-bond acceptors (Lipinski definition) is 5. The predicted octanol–water partition coefficient (Wildman–Crippen LogP) is 5.27. The van der Waals surface area contributed by atoms with E-state index in [0.29, 0.717) is 33.5 Å². The lowest BCUT2D eigenvalue weighted by Gasteiger charge is -2.09. The molecule has 4 aromatic rings. The summed E-state index contributed by atoms with van der Waals surface area (Å²) in [4.78, 5) is 16.4. The van der Waals surface area contributed by atoms with Crippen molar-refractivity contribution in [3.8, 4) is 11.5 Å². The van der Waals surface area contributed by atoms with Gasteiger partial charge in [0.25, 0.3) is 0 Å². The average molecular weight is 424 g/mol. The molecule has 0 aliphatic heterocycles. The minimum atomic E-state index is -0.382. The summed E-state index contributed by atoms with van der Waals surface area (Å²) in [6.45, 7) is 0. The molecule has 1 amide bonds. The summed E-state index contributed by atoms with van der Waals surface area (Å²) in [5, 5.41) is 6.15. The molecule has 0 spiro atoms. The summed E-state index contributed by atoms with van der Waals surface area (Å²) in [5.41, 5.74) is 2.65. The molecule has 0 saturated heterocycles. The number of carbonyl (C=O) groups excluding carboxylic acids is 1. The number of halogens is 1. The van der Waals surface area contributed by atoms with Gasteiger partial charge in [0.2, 0.25) is 11.8 Å². The van der Waals surface area contributed by atoms with E-state index in [9.17, 15) is 4.79 Å². The van der Waals surface area contributed by atoms with Crippen LogP contribution >= 0.6 is 23.8 Å². The van der Waals surface area contributed by atoms with Crippen molar-refractivity contribution >= 4 is 57.7 Å². The number of oxazole rings is 1. The fraction of sp³-hybridized carbons (Fsp3) is 0. The number of hydrogen-bond donors (Lipinski definition) is 2. The van der Waals surface area contributed by atoms with Gasteiger partial charge in [0.05, 0.1) is 16.8 Å². The molecule has 29 heavy (non-hydrogen) atoms. The third-order valence-electron chi connectivity index (χ3n) is 3.93. The zero-order valence-corrected chi connectivity index (χ0v) is 16.5. The van der Waals surface area contributed by atoms with Crippen molar-refractivity contribution in [2.75, 3.05) is 5.32 Å². The molecule has 0 radical (unpaired) electrons. The zero-order chi connectivity index (χ0) is 20.2. The molecule has 0 unspecified atom stereocenters. The van der Waals surface area contributed by atoms with Gasteiger partial charge < -0.3 is 14.2 Å².